The molecular weight excluding hydrogens is 725 g/mol. The summed E-state index contributed by atoms with van der Waals surface area (Å²) >= 11 is 0. The Hall–Kier alpha value is -7.16. The molecule has 0 saturated heterocycles. The number of para-hydroxylation sites is 2. The van der Waals surface area contributed by atoms with Crippen LogP contribution in [0.15, 0.2) is 194 Å². The normalized spacial score (nSPS) is 14.3. The fourth-order valence-electron chi connectivity index (χ4n) is 11.0. The van der Waals surface area contributed by atoms with Crippen LogP contribution in [-0.4, -0.2) is 4.57 Å². The maximum atomic E-state index is 2.57. The molecule has 0 fully saturated rings. The van der Waals surface area contributed by atoms with Gasteiger partial charge in [0.05, 0.1) is 22.4 Å². The third-order valence-electron chi connectivity index (χ3n) is 13.7. The number of nitrogens with zero attached hydrogens (tertiary/aromatic N) is 2. The quantitative estimate of drug-likeness (QED) is 0.169. The van der Waals surface area contributed by atoms with E-state index in [0.717, 1.165) is 11.4 Å². The molecule has 0 amide bonds. The van der Waals surface area contributed by atoms with Gasteiger partial charge in [0.1, 0.15) is 0 Å². The van der Waals surface area contributed by atoms with Gasteiger partial charge < -0.3 is 9.47 Å². The van der Waals surface area contributed by atoms with Gasteiger partial charge in [-0.25, -0.2) is 0 Å². The maximum Gasteiger partial charge on any atom is 0.0543 e. The second-order valence-electron chi connectivity index (χ2n) is 17.7. The van der Waals surface area contributed by atoms with Gasteiger partial charge in [-0.15, -0.1) is 0 Å². The molecule has 12 rings (SSSR count). The van der Waals surface area contributed by atoms with Crippen molar-refractivity contribution in [1.82, 2.24) is 4.57 Å². The molecule has 0 spiro atoms. The number of fused-ring (bicyclic) bond motifs is 10. The fourth-order valence-corrected chi connectivity index (χ4v) is 11.0. The van der Waals surface area contributed by atoms with Crippen molar-refractivity contribution in [3.8, 4) is 39.1 Å². The standard InChI is InChI=1S/C58H44N2/c1-57(2)49-27-10-6-23-46(49)55-50(57)28-16-31-53(55)60(54-32-15-25-45-42-20-5-9-26-48(42)58(3,4)56(45)54)39-19-13-18-38(35-39)41-24-14-17-37-33-34-40(36-47(37)41)59-51-29-11-7-21-43(51)44-22-8-12-30-52(44)59/h5-36H,1-4H3. The average Bonchev–Trinajstić information content (AvgIpc) is 3.84. The topological polar surface area (TPSA) is 8.17 Å². The van der Waals surface area contributed by atoms with Gasteiger partial charge in [0.25, 0.3) is 0 Å². The van der Waals surface area contributed by atoms with E-state index in [4.69, 9.17) is 0 Å². The molecular formula is C58H44N2. The predicted molar refractivity (Wildman–Crippen MR) is 254 cm³/mol. The van der Waals surface area contributed by atoms with Crippen LogP contribution in [0.3, 0.4) is 0 Å². The molecule has 1 aromatic heterocycles. The van der Waals surface area contributed by atoms with Crippen molar-refractivity contribution in [1.29, 1.82) is 0 Å². The molecule has 0 aliphatic heterocycles. The Morgan fingerprint density at radius 2 is 0.983 bits per heavy atom. The van der Waals surface area contributed by atoms with E-state index in [9.17, 15) is 0 Å². The van der Waals surface area contributed by atoms with E-state index in [2.05, 4.69) is 231 Å². The molecule has 60 heavy (non-hydrogen) atoms. The molecule has 2 heteroatoms. The number of benzene rings is 9. The van der Waals surface area contributed by atoms with Crippen LogP contribution in [0.2, 0.25) is 0 Å². The highest BCUT2D eigenvalue weighted by molar-refractivity contribution is 6.10. The van der Waals surface area contributed by atoms with E-state index in [0.29, 0.717) is 0 Å². The number of hydrogen-bond acceptors (Lipinski definition) is 1. The molecule has 9 aromatic carbocycles. The number of aromatic nitrogens is 1. The summed E-state index contributed by atoms with van der Waals surface area (Å²) < 4.78 is 2.42. The van der Waals surface area contributed by atoms with Crippen molar-refractivity contribution in [2.75, 3.05) is 4.90 Å². The van der Waals surface area contributed by atoms with Crippen molar-refractivity contribution < 1.29 is 0 Å². The molecule has 0 N–H and O–H groups in total. The van der Waals surface area contributed by atoms with Crippen LogP contribution in [0.1, 0.15) is 49.9 Å². The maximum absolute atomic E-state index is 2.57. The summed E-state index contributed by atoms with van der Waals surface area (Å²) in [7, 11) is 0. The summed E-state index contributed by atoms with van der Waals surface area (Å²) in [5, 5.41) is 4.99. The Balaban J connectivity index is 1.09. The Bertz CT molecular complexity index is 3340. The second kappa shape index (κ2) is 12.7. The Labute approximate surface area is 351 Å². The number of hydrogen-bond donors (Lipinski definition) is 0. The zero-order valence-corrected chi connectivity index (χ0v) is 34.4. The molecule has 0 unspecified atom stereocenters. The lowest BCUT2D eigenvalue weighted by Gasteiger charge is -2.34. The number of rotatable bonds is 5. The third-order valence-corrected chi connectivity index (χ3v) is 13.7. The van der Waals surface area contributed by atoms with Crippen molar-refractivity contribution in [3.05, 3.63) is 216 Å². The second-order valence-corrected chi connectivity index (χ2v) is 17.7. The summed E-state index contributed by atoms with van der Waals surface area (Å²) in [6.07, 6.45) is 0. The molecule has 0 saturated carbocycles. The molecule has 2 aliphatic rings. The van der Waals surface area contributed by atoms with Crippen molar-refractivity contribution >= 4 is 49.6 Å². The van der Waals surface area contributed by atoms with Crippen LogP contribution >= 0.6 is 0 Å². The highest BCUT2D eigenvalue weighted by Gasteiger charge is 2.41. The lowest BCUT2D eigenvalue weighted by molar-refractivity contribution is 0.659. The van der Waals surface area contributed by atoms with Gasteiger partial charge in [-0.3, -0.25) is 0 Å². The number of anilines is 3. The zero-order chi connectivity index (χ0) is 40.3. The molecule has 2 aliphatic carbocycles. The fraction of sp³-hybridized carbons (Fsp3) is 0.103. The third kappa shape index (κ3) is 4.82. The van der Waals surface area contributed by atoms with Gasteiger partial charge in [0.2, 0.25) is 0 Å². The van der Waals surface area contributed by atoms with Gasteiger partial charge in [0.15, 0.2) is 0 Å². The largest absolute Gasteiger partial charge is 0.310 e. The minimum atomic E-state index is -0.202. The first-order valence-electron chi connectivity index (χ1n) is 21.2. The monoisotopic (exact) mass is 768 g/mol. The van der Waals surface area contributed by atoms with Gasteiger partial charge in [-0.2, -0.15) is 0 Å². The summed E-state index contributed by atoms with van der Waals surface area (Å²) in [5.41, 5.74) is 20.0. The van der Waals surface area contributed by atoms with Crippen LogP contribution in [0.5, 0.6) is 0 Å². The van der Waals surface area contributed by atoms with E-state index in [1.165, 1.54) is 99.6 Å². The minimum Gasteiger partial charge on any atom is -0.310 e. The first-order chi connectivity index (χ1) is 29.3. The Morgan fingerprint density at radius 3 is 1.77 bits per heavy atom. The smallest absolute Gasteiger partial charge is 0.0543 e. The van der Waals surface area contributed by atoms with Gasteiger partial charge >= 0.3 is 0 Å². The van der Waals surface area contributed by atoms with Gasteiger partial charge in [-0.05, 0) is 109 Å². The molecule has 0 radical (unpaired) electrons. The van der Waals surface area contributed by atoms with Gasteiger partial charge in [0, 0.05) is 38.5 Å². The van der Waals surface area contributed by atoms with E-state index >= 15 is 0 Å². The summed E-state index contributed by atoms with van der Waals surface area (Å²) in [5.74, 6) is 0. The first kappa shape index (κ1) is 34.8. The SMILES string of the molecule is CC1(C)c2ccccc2-c2c(N(c3cccc(-c4cccc5ccc(-n6c7ccccc7c7ccccc76)cc45)c3)c3cccc4c3C(C)(C)c3ccccc3-4)cccc21. The summed E-state index contributed by atoms with van der Waals surface area (Å²) in [4.78, 5) is 2.57. The lowest BCUT2D eigenvalue weighted by atomic mass is 9.81. The first-order valence-corrected chi connectivity index (χ1v) is 21.2. The molecule has 286 valence electrons. The van der Waals surface area contributed by atoms with Crippen molar-refractivity contribution in [2.45, 2.75) is 38.5 Å². The van der Waals surface area contributed by atoms with Gasteiger partial charge in [-0.1, -0.05) is 173 Å². The summed E-state index contributed by atoms with van der Waals surface area (Å²) in [6, 6.07) is 72.3. The van der Waals surface area contributed by atoms with Crippen LogP contribution in [0.4, 0.5) is 17.1 Å². The van der Waals surface area contributed by atoms with E-state index in [1.54, 1.807) is 0 Å². The van der Waals surface area contributed by atoms with Crippen LogP contribution in [0, 0.1) is 0 Å². The molecule has 1 heterocycles. The Kier molecular flexibility index (Phi) is 7.36. The average molecular weight is 769 g/mol. The Morgan fingerprint density at radius 1 is 0.400 bits per heavy atom. The van der Waals surface area contributed by atoms with Crippen molar-refractivity contribution in [3.63, 3.8) is 0 Å². The van der Waals surface area contributed by atoms with Crippen molar-refractivity contribution in [2.24, 2.45) is 0 Å². The minimum absolute atomic E-state index is 0.124. The zero-order valence-electron chi connectivity index (χ0n) is 34.4. The molecule has 2 nitrogen and oxygen atoms in total. The lowest BCUT2D eigenvalue weighted by Crippen LogP contribution is -2.21. The highest BCUT2D eigenvalue weighted by Crippen LogP contribution is 2.58. The van der Waals surface area contributed by atoms with E-state index in [-0.39, 0.29) is 10.8 Å². The molecule has 10 aromatic rings. The molecule has 0 atom stereocenters. The van der Waals surface area contributed by atoms with E-state index in [1.807, 2.05) is 0 Å². The highest BCUT2D eigenvalue weighted by atomic mass is 15.2. The predicted octanol–water partition coefficient (Wildman–Crippen LogP) is 15.7. The van der Waals surface area contributed by atoms with Crippen LogP contribution < -0.4 is 4.90 Å². The van der Waals surface area contributed by atoms with Crippen LogP contribution in [-0.2, 0) is 10.8 Å². The molecule has 0 bridgehead atoms. The van der Waals surface area contributed by atoms with Crippen LogP contribution in [0.25, 0.3) is 71.6 Å². The summed E-state index contributed by atoms with van der Waals surface area (Å²) in [6.45, 7) is 9.55. The van der Waals surface area contributed by atoms with E-state index < -0.39 is 0 Å².